The van der Waals surface area contributed by atoms with Crippen LogP contribution in [0, 0.1) is 0 Å². The van der Waals surface area contributed by atoms with E-state index in [4.69, 9.17) is 9.47 Å². The van der Waals surface area contributed by atoms with Gasteiger partial charge in [0, 0.05) is 6.54 Å². The molecule has 0 unspecified atom stereocenters. The van der Waals surface area contributed by atoms with Crippen molar-refractivity contribution in [1.82, 2.24) is 5.32 Å². The molecular formula is C12H21NO4. The normalized spacial score (nSPS) is 18.5. The summed E-state index contributed by atoms with van der Waals surface area (Å²) in [6.07, 6.45) is 0. The molecule has 17 heavy (non-hydrogen) atoms. The van der Waals surface area contributed by atoms with E-state index in [1.807, 2.05) is 0 Å². The molecule has 0 atom stereocenters. The van der Waals surface area contributed by atoms with Gasteiger partial charge in [-0.15, -0.1) is 0 Å². The van der Waals surface area contributed by atoms with Gasteiger partial charge in [-0.2, -0.15) is 0 Å². The average Bonchev–Trinajstić information content (AvgIpc) is 2.75. The van der Waals surface area contributed by atoms with Gasteiger partial charge in [-0.05, 0) is 41.5 Å². The topological polar surface area (TPSA) is 74.5 Å². The SMILES string of the molecule is CC(C)(C)OC(=O)C1(C(=O)OC(C)(C)C)CN1. The zero-order valence-electron chi connectivity index (χ0n) is 11.3. The van der Waals surface area contributed by atoms with Crippen molar-refractivity contribution < 1.29 is 19.1 Å². The summed E-state index contributed by atoms with van der Waals surface area (Å²) in [6.45, 7) is 10.8. The fourth-order valence-electron chi connectivity index (χ4n) is 1.19. The quantitative estimate of drug-likeness (QED) is 0.445. The smallest absolute Gasteiger partial charge is 0.339 e. The van der Waals surface area contributed by atoms with Crippen LogP contribution in [0.2, 0.25) is 0 Å². The van der Waals surface area contributed by atoms with Gasteiger partial charge in [0.25, 0.3) is 0 Å². The van der Waals surface area contributed by atoms with Crippen LogP contribution in [0.4, 0.5) is 0 Å². The fourth-order valence-corrected chi connectivity index (χ4v) is 1.19. The van der Waals surface area contributed by atoms with Gasteiger partial charge >= 0.3 is 11.9 Å². The zero-order valence-corrected chi connectivity index (χ0v) is 11.3. The predicted octanol–water partition coefficient (Wildman–Crippen LogP) is 1.01. The standard InChI is InChI=1S/C12H21NO4/c1-10(2,3)16-8(14)12(7-13-12)9(15)17-11(4,5)6/h13H,7H2,1-6H3. The van der Waals surface area contributed by atoms with Crippen LogP contribution in [0.25, 0.3) is 0 Å². The third kappa shape index (κ3) is 3.70. The molecule has 0 saturated carbocycles. The molecule has 1 aliphatic rings. The van der Waals surface area contributed by atoms with Crippen molar-refractivity contribution in [2.24, 2.45) is 0 Å². The van der Waals surface area contributed by atoms with Crippen LogP contribution in [-0.2, 0) is 19.1 Å². The number of hydrogen-bond donors (Lipinski definition) is 1. The van der Waals surface area contributed by atoms with Crippen molar-refractivity contribution in [1.29, 1.82) is 0 Å². The number of hydrogen-bond acceptors (Lipinski definition) is 5. The van der Waals surface area contributed by atoms with E-state index in [9.17, 15) is 9.59 Å². The lowest BCUT2D eigenvalue weighted by Gasteiger charge is -2.25. The Labute approximate surface area is 102 Å². The molecule has 1 heterocycles. The Balaban J connectivity index is 2.70. The van der Waals surface area contributed by atoms with E-state index >= 15 is 0 Å². The Bertz CT molecular complexity index is 301. The maximum Gasteiger partial charge on any atom is 0.339 e. The molecule has 98 valence electrons. The summed E-state index contributed by atoms with van der Waals surface area (Å²) in [7, 11) is 0. The Kier molecular flexibility index (Phi) is 3.27. The maximum atomic E-state index is 11.9. The summed E-state index contributed by atoms with van der Waals surface area (Å²) in [6, 6.07) is 0. The Morgan fingerprint density at radius 1 is 0.941 bits per heavy atom. The second kappa shape index (κ2) is 3.98. The Hall–Kier alpha value is -1.10. The van der Waals surface area contributed by atoms with Gasteiger partial charge in [0.15, 0.2) is 0 Å². The van der Waals surface area contributed by atoms with Crippen LogP contribution in [-0.4, -0.2) is 35.2 Å². The average molecular weight is 243 g/mol. The molecule has 1 saturated heterocycles. The first kappa shape index (κ1) is 14.0. The number of nitrogens with one attached hydrogen (secondary N) is 1. The van der Waals surface area contributed by atoms with Crippen LogP contribution in [0.5, 0.6) is 0 Å². The third-order valence-corrected chi connectivity index (χ3v) is 2.03. The first-order chi connectivity index (χ1) is 7.46. The van der Waals surface area contributed by atoms with Gasteiger partial charge in [0.1, 0.15) is 11.2 Å². The number of carbonyl (C=O) groups excluding carboxylic acids is 2. The molecule has 1 N–H and O–H groups in total. The molecule has 0 radical (unpaired) electrons. The molecule has 0 aromatic carbocycles. The molecule has 0 bridgehead atoms. The Morgan fingerprint density at radius 2 is 1.24 bits per heavy atom. The minimum Gasteiger partial charge on any atom is -0.458 e. The molecule has 0 spiro atoms. The van der Waals surface area contributed by atoms with E-state index in [-0.39, 0.29) is 6.54 Å². The lowest BCUT2D eigenvalue weighted by Crippen LogP contribution is -2.45. The molecule has 1 rings (SSSR count). The van der Waals surface area contributed by atoms with E-state index in [0.29, 0.717) is 0 Å². The number of rotatable bonds is 2. The summed E-state index contributed by atoms with van der Waals surface area (Å²) in [4.78, 5) is 23.8. The molecule has 0 amide bonds. The van der Waals surface area contributed by atoms with Crippen molar-refractivity contribution in [2.75, 3.05) is 6.54 Å². The lowest BCUT2D eigenvalue weighted by atomic mass is 10.1. The molecular weight excluding hydrogens is 222 g/mol. The minimum atomic E-state index is -1.29. The van der Waals surface area contributed by atoms with Crippen molar-refractivity contribution in [3.05, 3.63) is 0 Å². The van der Waals surface area contributed by atoms with Gasteiger partial charge in [0.05, 0.1) is 0 Å². The van der Waals surface area contributed by atoms with E-state index in [1.54, 1.807) is 41.5 Å². The lowest BCUT2D eigenvalue weighted by molar-refractivity contribution is -0.171. The number of carbonyl (C=O) groups is 2. The van der Waals surface area contributed by atoms with Crippen LogP contribution >= 0.6 is 0 Å². The highest BCUT2D eigenvalue weighted by atomic mass is 16.6. The molecule has 1 aliphatic heterocycles. The van der Waals surface area contributed by atoms with Gasteiger partial charge in [-0.3, -0.25) is 5.32 Å². The molecule has 0 aromatic heterocycles. The second-order valence-electron chi connectivity index (χ2n) is 6.26. The molecule has 5 nitrogen and oxygen atoms in total. The van der Waals surface area contributed by atoms with Gasteiger partial charge in [-0.25, -0.2) is 9.59 Å². The summed E-state index contributed by atoms with van der Waals surface area (Å²) >= 11 is 0. The third-order valence-electron chi connectivity index (χ3n) is 2.03. The van der Waals surface area contributed by atoms with E-state index in [1.165, 1.54) is 0 Å². The number of ether oxygens (including phenoxy) is 2. The van der Waals surface area contributed by atoms with E-state index in [0.717, 1.165) is 0 Å². The van der Waals surface area contributed by atoms with Crippen LogP contribution in [0.15, 0.2) is 0 Å². The maximum absolute atomic E-state index is 11.9. The highest BCUT2D eigenvalue weighted by Gasteiger charge is 2.61. The van der Waals surface area contributed by atoms with Crippen molar-refractivity contribution >= 4 is 11.9 Å². The minimum absolute atomic E-state index is 0.275. The first-order valence-electron chi connectivity index (χ1n) is 5.68. The summed E-state index contributed by atoms with van der Waals surface area (Å²) < 4.78 is 10.4. The first-order valence-corrected chi connectivity index (χ1v) is 5.68. The predicted molar refractivity (Wildman–Crippen MR) is 62.4 cm³/mol. The second-order valence-corrected chi connectivity index (χ2v) is 6.26. The van der Waals surface area contributed by atoms with Crippen LogP contribution in [0.3, 0.4) is 0 Å². The van der Waals surface area contributed by atoms with Gasteiger partial charge < -0.3 is 9.47 Å². The van der Waals surface area contributed by atoms with Crippen molar-refractivity contribution in [2.45, 2.75) is 58.3 Å². The van der Waals surface area contributed by atoms with Crippen molar-refractivity contribution in [3.8, 4) is 0 Å². The number of esters is 2. The molecule has 1 fully saturated rings. The van der Waals surface area contributed by atoms with Crippen LogP contribution < -0.4 is 5.32 Å². The Morgan fingerprint density at radius 3 is 1.41 bits per heavy atom. The summed E-state index contributed by atoms with van der Waals surface area (Å²) in [5.41, 5.74) is -2.52. The molecule has 0 aromatic rings. The summed E-state index contributed by atoms with van der Waals surface area (Å²) in [5, 5.41) is 2.74. The van der Waals surface area contributed by atoms with E-state index in [2.05, 4.69) is 5.32 Å². The highest BCUT2D eigenvalue weighted by molar-refractivity contribution is 6.09. The van der Waals surface area contributed by atoms with Gasteiger partial charge in [0.2, 0.25) is 5.54 Å². The highest BCUT2D eigenvalue weighted by Crippen LogP contribution is 2.26. The largest absolute Gasteiger partial charge is 0.458 e. The molecule has 5 heteroatoms. The van der Waals surface area contributed by atoms with Crippen LogP contribution in [0.1, 0.15) is 41.5 Å². The zero-order chi connectivity index (χ0) is 13.5. The summed E-state index contributed by atoms with van der Waals surface area (Å²) in [5.74, 6) is -1.14. The van der Waals surface area contributed by atoms with Crippen molar-refractivity contribution in [3.63, 3.8) is 0 Å². The monoisotopic (exact) mass is 243 g/mol. The fraction of sp³-hybridized carbons (Fsp3) is 0.833. The van der Waals surface area contributed by atoms with E-state index < -0.39 is 28.7 Å². The van der Waals surface area contributed by atoms with Gasteiger partial charge in [-0.1, -0.05) is 0 Å². The molecule has 0 aliphatic carbocycles.